The summed E-state index contributed by atoms with van der Waals surface area (Å²) in [6, 6.07) is 10.9. The highest BCUT2D eigenvalue weighted by Gasteiger charge is 2.04. The molecule has 0 aliphatic rings. The average molecular weight is 339 g/mol. The summed E-state index contributed by atoms with van der Waals surface area (Å²) in [5.41, 5.74) is 5.62. The van der Waals surface area contributed by atoms with Crippen LogP contribution in [0.1, 0.15) is 36.2 Å². The molecule has 0 aliphatic carbocycles. The van der Waals surface area contributed by atoms with E-state index >= 15 is 0 Å². The van der Waals surface area contributed by atoms with Crippen LogP contribution in [0.3, 0.4) is 0 Å². The molecule has 1 aromatic carbocycles. The largest absolute Gasteiger partial charge is 0.477 e. The van der Waals surface area contributed by atoms with E-state index in [-0.39, 0.29) is 0 Å². The summed E-state index contributed by atoms with van der Waals surface area (Å²) < 4.78 is 5.82. The summed E-state index contributed by atoms with van der Waals surface area (Å²) in [5.74, 6) is 0.651. The molecule has 0 atom stereocenters. The van der Waals surface area contributed by atoms with Gasteiger partial charge in [-0.1, -0.05) is 29.3 Å². The molecule has 4 heteroatoms. The normalized spacial score (nSPS) is 11.3. The molecule has 1 heterocycles. The molecule has 25 heavy (non-hydrogen) atoms. The van der Waals surface area contributed by atoms with Crippen LogP contribution in [-0.2, 0) is 6.42 Å². The Labute approximate surface area is 151 Å². The van der Waals surface area contributed by atoms with Gasteiger partial charge in [-0.2, -0.15) is 0 Å². The molecule has 0 radical (unpaired) electrons. The molecule has 0 aliphatic heterocycles. The highest BCUT2D eigenvalue weighted by Crippen LogP contribution is 2.20. The van der Waals surface area contributed by atoms with Gasteiger partial charge in [-0.3, -0.25) is 0 Å². The molecule has 0 saturated heterocycles. The molecule has 0 amide bonds. The quantitative estimate of drug-likeness (QED) is 0.545. The third-order valence-electron chi connectivity index (χ3n) is 4.15. The molecular weight excluding hydrogens is 310 g/mol. The van der Waals surface area contributed by atoms with Crippen molar-refractivity contribution in [2.45, 2.75) is 47.1 Å². The third-order valence-corrected chi connectivity index (χ3v) is 4.15. The lowest BCUT2D eigenvalue weighted by atomic mass is 10.1. The summed E-state index contributed by atoms with van der Waals surface area (Å²) in [5, 5.41) is 0. The molecule has 0 unspecified atom stereocenters. The Morgan fingerprint density at radius 3 is 2.40 bits per heavy atom. The summed E-state index contributed by atoms with van der Waals surface area (Å²) in [4.78, 5) is 11.1. The van der Waals surface area contributed by atoms with Gasteiger partial charge in [-0.05, 0) is 46.2 Å². The van der Waals surface area contributed by atoms with Gasteiger partial charge in [-0.15, -0.1) is 0 Å². The van der Waals surface area contributed by atoms with Crippen LogP contribution in [0, 0.1) is 20.8 Å². The molecule has 1 aromatic heterocycles. The summed E-state index contributed by atoms with van der Waals surface area (Å²) >= 11 is 0. The number of aromatic nitrogens is 1. The minimum Gasteiger partial charge on any atom is -0.477 e. The summed E-state index contributed by atoms with van der Waals surface area (Å²) in [6.45, 7) is 11.1. The van der Waals surface area contributed by atoms with Crippen molar-refractivity contribution in [1.29, 1.82) is 0 Å². The van der Waals surface area contributed by atoms with Gasteiger partial charge in [-0.25, -0.2) is 9.98 Å². The Balaban J connectivity index is 1.94. The van der Waals surface area contributed by atoms with E-state index < -0.39 is 0 Å². The first-order valence-electron chi connectivity index (χ1n) is 8.79. The fourth-order valence-electron chi connectivity index (χ4n) is 2.52. The lowest BCUT2D eigenvalue weighted by Crippen LogP contribution is -2.24. The monoisotopic (exact) mass is 339 g/mol. The van der Waals surface area contributed by atoms with E-state index in [4.69, 9.17) is 4.74 Å². The van der Waals surface area contributed by atoms with Gasteiger partial charge in [0.15, 0.2) is 0 Å². The number of nitrogens with zero attached hydrogens (tertiary/aromatic N) is 3. The molecule has 2 rings (SSSR count). The Bertz CT molecular complexity index is 718. The van der Waals surface area contributed by atoms with E-state index in [1.807, 2.05) is 32.4 Å². The number of hydrogen-bond acceptors (Lipinski definition) is 3. The maximum Gasteiger partial charge on any atom is 0.213 e. The average Bonchev–Trinajstić information content (AvgIpc) is 2.52. The zero-order valence-electron chi connectivity index (χ0n) is 16.2. The zero-order valence-corrected chi connectivity index (χ0v) is 16.2. The Kier molecular flexibility index (Phi) is 6.57. The molecule has 0 N–H and O–H groups in total. The van der Waals surface area contributed by atoms with Crippen LogP contribution in [0.2, 0.25) is 0 Å². The Hall–Kier alpha value is -2.36. The minimum absolute atomic E-state index is 0.421. The topological polar surface area (TPSA) is 37.7 Å². The highest BCUT2D eigenvalue weighted by molar-refractivity contribution is 5.62. The van der Waals surface area contributed by atoms with Gasteiger partial charge in [0.2, 0.25) is 5.88 Å². The van der Waals surface area contributed by atoms with Crippen LogP contribution in [0.15, 0.2) is 35.3 Å². The van der Waals surface area contributed by atoms with E-state index in [2.05, 4.69) is 60.8 Å². The molecule has 0 fully saturated rings. The molecule has 2 aromatic rings. The van der Waals surface area contributed by atoms with Crippen LogP contribution in [0.25, 0.3) is 0 Å². The first kappa shape index (κ1) is 19.0. The maximum atomic E-state index is 5.82. The van der Waals surface area contributed by atoms with E-state index in [0.29, 0.717) is 18.5 Å². The smallest absolute Gasteiger partial charge is 0.213 e. The second-order valence-corrected chi connectivity index (χ2v) is 6.85. The van der Waals surface area contributed by atoms with E-state index in [0.717, 1.165) is 17.8 Å². The van der Waals surface area contributed by atoms with Gasteiger partial charge in [0.25, 0.3) is 0 Å². The van der Waals surface area contributed by atoms with Crippen LogP contribution < -0.4 is 4.74 Å². The first-order chi connectivity index (χ1) is 11.8. The van der Waals surface area contributed by atoms with Gasteiger partial charge in [0.05, 0.1) is 24.3 Å². The summed E-state index contributed by atoms with van der Waals surface area (Å²) in [6.07, 6.45) is 2.72. The van der Waals surface area contributed by atoms with E-state index in [9.17, 15) is 0 Å². The van der Waals surface area contributed by atoms with Crippen molar-refractivity contribution in [3.05, 3.63) is 52.7 Å². The van der Waals surface area contributed by atoms with Crippen LogP contribution in [-0.4, -0.2) is 35.9 Å². The van der Waals surface area contributed by atoms with Gasteiger partial charge < -0.3 is 9.64 Å². The number of benzene rings is 1. The number of ether oxygens (including phenoxy) is 1. The minimum atomic E-state index is 0.421. The summed E-state index contributed by atoms with van der Waals surface area (Å²) in [7, 11) is 2.02. The predicted octanol–water partition coefficient (Wildman–Crippen LogP) is 4.63. The molecule has 4 nitrogen and oxygen atoms in total. The van der Waals surface area contributed by atoms with Crippen molar-refractivity contribution in [3.8, 4) is 5.88 Å². The van der Waals surface area contributed by atoms with Crippen molar-refractivity contribution in [3.63, 3.8) is 0 Å². The second-order valence-electron chi connectivity index (χ2n) is 6.85. The molecule has 134 valence electrons. The lowest BCUT2D eigenvalue weighted by molar-refractivity contribution is 0.309. The fourth-order valence-corrected chi connectivity index (χ4v) is 2.52. The van der Waals surface area contributed by atoms with Crippen LogP contribution in [0.4, 0.5) is 5.69 Å². The number of rotatable bonds is 7. The van der Waals surface area contributed by atoms with Crippen LogP contribution in [0.5, 0.6) is 5.88 Å². The third kappa shape index (κ3) is 5.89. The number of aliphatic imine (C=N–C) groups is 1. The van der Waals surface area contributed by atoms with E-state index in [1.165, 1.54) is 16.7 Å². The molecule has 0 bridgehead atoms. The lowest BCUT2D eigenvalue weighted by Gasteiger charge is -2.17. The van der Waals surface area contributed by atoms with Crippen molar-refractivity contribution in [2.24, 2.45) is 4.99 Å². The standard InChI is InChI=1S/C21H29N3O/c1-15(2)24(6)14-22-20-7-8-21(23-18(20)5)25-10-9-19-12-16(3)11-17(4)13-19/h7-8,11-15H,9-10H2,1-6H3. The van der Waals surface area contributed by atoms with Gasteiger partial charge in [0.1, 0.15) is 0 Å². The van der Waals surface area contributed by atoms with Crippen molar-refractivity contribution < 1.29 is 4.74 Å². The van der Waals surface area contributed by atoms with Crippen molar-refractivity contribution in [1.82, 2.24) is 9.88 Å². The van der Waals surface area contributed by atoms with Gasteiger partial charge in [0, 0.05) is 25.6 Å². The second kappa shape index (κ2) is 8.65. The molecular formula is C21H29N3O. The van der Waals surface area contributed by atoms with Crippen molar-refractivity contribution >= 4 is 12.0 Å². The Morgan fingerprint density at radius 1 is 1.12 bits per heavy atom. The maximum absolute atomic E-state index is 5.82. The molecule has 0 spiro atoms. The Morgan fingerprint density at radius 2 is 1.80 bits per heavy atom. The number of pyridine rings is 1. The fraction of sp³-hybridized carbons (Fsp3) is 0.429. The van der Waals surface area contributed by atoms with E-state index in [1.54, 1.807) is 0 Å². The zero-order chi connectivity index (χ0) is 18.4. The van der Waals surface area contributed by atoms with Crippen LogP contribution >= 0.6 is 0 Å². The number of aryl methyl sites for hydroxylation is 3. The number of hydrogen-bond donors (Lipinski definition) is 0. The molecule has 0 saturated carbocycles. The predicted molar refractivity (Wildman–Crippen MR) is 105 cm³/mol. The van der Waals surface area contributed by atoms with Gasteiger partial charge >= 0.3 is 0 Å². The SMILES string of the molecule is Cc1cc(C)cc(CCOc2ccc(N=CN(C)C(C)C)c(C)n2)c1. The first-order valence-corrected chi connectivity index (χ1v) is 8.79. The highest BCUT2D eigenvalue weighted by atomic mass is 16.5. The van der Waals surface area contributed by atoms with Crippen molar-refractivity contribution in [2.75, 3.05) is 13.7 Å².